The van der Waals surface area contributed by atoms with Crippen molar-refractivity contribution < 1.29 is 9.94 Å². The third-order valence-corrected chi connectivity index (χ3v) is 3.57. The molecular formula is C19H20N2O2. The molecule has 4 nitrogen and oxygen atoms in total. The molecule has 0 heterocycles. The Hall–Kier alpha value is -2.80. The number of benzene rings is 2. The Bertz CT molecular complexity index is 752. The number of nitriles is 1. The summed E-state index contributed by atoms with van der Waals surface area (Å²) in [5.74, 6) is 0.770. The van der Waals surface area contributed by atoms with Crippen LogP contribution in [0.2, 0.25) is 0 Å². The van der Waals surface area contributed by atoms with Crippen molar-refractivity contribution in [3.05, 3.63) is 65.2 Å². The highest BCUT2D eigenvalue weighted by molar-refractivity contribution is 6.12. The summed E-state index contributed by atoms with van der Waals surface area (Å²) in [7, 11) is 0. The molecule has 0 atom stereocenters. The molecule has 0 aromatic heterocycles. The van der Waals surface area contributed by atoms with Crippen LogP contribution in [0, 0.1) is 11.3 Å². The van der Waals surface area contributed by atoms with Crippen LogP contribution in [0.3, 0.4) is 0 Å². The lowest BCUT2D eigenvalue weighted by Gasteiger charge is -2.20. The molecule has 1 N–H and O–H groups in total. The number of oxime groups is 1. The van der Waals surface area contributed by atoms with Gasteiger partial charge in [-0.15, -0.1) is 0 Å². The number of hydrogen-bond donors (Lipinski definition) is 1. The molecule has 0 saturated heterocycles. The average molecular weight is 308 g/mol. The van der Waals surface area contributed by atoms with Gasteiger partial charge in [0.25, 0.3) is 0 Å². The molecule has 0 aliphatic heterocycles. The van der Waals surface area contributed by atoms with Crippen LogP contribution in [0.5, 0.6) is 5.75 Å². The van der Waals surface area contributed by atoms with Crippen LogP contribution in [0.15, 0.2) is 53.7 Å². The quantitative estimate of drug-likeness (QED) is 0.521. The molecular weight excluding hydrogens is 288 g/mol. The Kier molecular flexibility index (Phi) is 5.02. The molecule has 0 unspecified atom stereocenters. The average Bonchev–Trinajstić information content (AvgIpc) is 2.54. The molecule has 2 aromatic carbocycles. The Labute approximate surface area is 136 Å². The smallest absolute Gasteiger partial charge is 0.187 e. The van der Waals surface area contributed by atoms with Crippen LogP contribution in [0.1, 0.15) is 37.5 Å². The summed E-state index contributed by atoms with van der Waals surface area (Å²) < 4.78 is 5.86. The molecule has 4 heteroatoms. The van der Waals surface area contributed by atoms with E-state index in [1.165, 1.54) is 5.56 Å². The third-order valence-electron chi connectivity index (χ3n) is 3.57. The first-order chi connectivity index (χ1) is 11.0. The normalized spacial score (nSPS) is 11.8. The number of nitrogens with zero attached hydrogens (tertiary/aromatic N) is 2. The Morgan fingerprint density at radius 3 is 2.57 bits per heavy atom. The minimum atomic E-state index is -0.0207. The molecule has 0 bridgehead atoms. The maximum absolute atomic E-state index is 9.03. The Morgan fingerprint density at radius 1 is 1.17 bits per heavy atom. The Morgan fingerprint density at radius 2 is 1.91 bits per heavy atom. The first-order valence-electron chi connectivity index (χ1n) is 7.39. The summed E-state index contributed by atoms with van der Waals surface area (Å²) >= 11 is 0. The van der Waals surface area contributed by atoms with Crippen LogP contribution in [-0.2, 0) is 12.0 Å². The lowest BCUT2D eigenvalue weighted by molar-refractivity contribution is 0.304. The van der Waals surface area contributed by atoms with Gasteiger partial charge in [0.1, 0.15) is 18.4 Å². The lowest BCUT2D eigenvalue weighted by atomic mass is 9.87. The number of hydrogen-bond acceptors (Lipinski definition) is 4. The third kappa shape index (κ3) is 4.10. The predicted octanol–water partition coefficient (Wildman–Crippen LogP) is 4.26. The van der Waals surface area contributed by atoms with Crippen LogP contribution < -0.4 is 4.74 Å². The van der Waals surface area contributed by atoms with Crippen molar-refractivity contribution in [2.75, 3.05) is 0 Å². The SMILES string of the molecule is CC(C)(C)c1cccc(OCc2ccccc2/C(C#N)=N\O)c1. The van der Waals surface area contributed by atoms with Gasteiger partial charge >= 0.3 is 0 Å². The summed E-state index contributed by atoms with van der Waals surface area (Å²) in [6, 6.07) is 17.1. The van der Waals surface area contributed by atoms with Gasteiger partial charge < -0.3 is 9.94 Å². The van der Waals surface area contributed by atoms with Crippen molar-refractivity contribution in [1.29, 1.82) is 5.26 Å². The highest BCUT2D eigenvalue weighted by Gasteiger charge is 2.14. The largest absolute Gasteiger partial charge is 0.489 e. The fourth-order valence-electron chi connectivity index (χ4n) is 2.23. The molecule has 2 aromatic rings. The molecule has 2 rings (SSSR count). The first-order valence-corrected chi connectivity index (χ1v) is 7.39. The molecule has 0 radical (unpaired) electrons. The van der Waals surface area contributed by atoms with Gasteiger partial charge in [-0.05, 0) is 28.7 Å². The molecule has 0 aliphatic carbocycles. The minimum Gasteiger partial charge on any atom is -0.489 e. The van der Waals surface area contributed by atoms with Gasteiger partial charge in [0, 0.05) is 5.56 Å². The standard InChI is InChI=1S/C19H20N2O2/c1-19(2,3)15-8-6-9-16(11-15)23-13-14-7-4-5-10-17(14)18(12-20)21-22/h4-11,22H,13H2,1-3H3/b21-18-. The van der Waals surface area contributed by atoms with E-state index >= 15 is 0 Å². The summed E-state index contributed by atoms with van der Waals surface area (Å²) in [6.45, 7) is 6.75. The van der Waals surface area contributed by atoms with Crippen molar-refractivity contribution in [3.63, 3.8) is 0 Å². The van der Waals surface area contributed by atoms with Gasteiger partial charge in [0.15, 0.2) is 5.71 Å². The van der Waals surface area contributed by atoms with Gasteiger partial charge in [-0.2, -0.15) is 5.26 Å². The zero-order chi connectivity index (χ0) is 16.9. The van der Waals surface area contributed by atoms with Crippen molar-refractivity contribution >= 4 is 5.71 Å². The second-order valence-electron chi connectivity index (χ2n) is 6.28. The summed E-state index contributed by atoms with van der Waals surface area (Å²) in [4.78, 5) is 0. The van der Waals surface area contributed by atoms with E-state index in [-0.39, 0.29) is 11.1 Å². The zero-order valence-corrected chi connectivity index (χ0v) is 13.6. The summed E-state index contributed by atoms with van der Waals surface area (Å²) in [5.41, 5.74) is 2.59. The fraction of sp³-hybridized carbons (Fsp3) is 0.263. The second kappa shape index (κ2) is 6.97. The Balaban J connectivity index is 2.21. The predicted molar refractivity (Wildman–Crippen MR) is 89.9 cm³/mol. The monoisotopic (exact) mass is 308 g/mol. The molecule has 0 saturated carbocycles. The van der Waals surface area contributed by atoms with E-state index in [1.54, 1.807) is 12.1 Å². The van der Waals surface area contributed by atoms with Gasteiger partial charge in [-0.25, -0.2) is 0 Å². The maximum Gasteiger partial charge on any atom is 0.187 e. The van der Waals surface area contributed by atoms with E-state index < -0.39 is 0 Å². The molecule has 0 aliphatic rings. The van der Waals surface area contributed by atoms with E-state index in [9.17, 15) is 0 Å². The van der Waals surface area contributed by atoms with Gasteiger partial charge in [0.05, 0.1) is 0 Å². The van der Waals surface area contributed by atoms with E-state index in [0.29, 0.717) is 12.2 Å². The highest BCUT2D eigenvalue weighted by Crippen LogP contribution is 2.26. The van der Waals surface area contributed by atoms with Crippen molar-refractivity contribution in [2.24, 2.45) is 5.16 Å². The van der Waals surface area contributed by atoms with Crippen LogP contribution in [0.25, 0.3) is 0 Å². The van der Waals surface area contributed by atoms with Crippen LogP contribution >= 0.6 is 0 Å². The zero-order valence-electron chi connectivity index (χ0n) is 13.6. The molecule has 0 amide bonds. The minimum absolute atomic E-state index is 0.0207. The van der Waals surface area contributed by atoms with E-state index in [1.807, 2.05) is 36.4 Å². The second-order valence-corrected chi connectivity index (χ2v) is 6.28. The molecule has 118 valence electrons. The van der Waals surface area contributed by atoms with Gasteiger partial charge in [-0.3, -0.25) is 0 Å². The topological polar surface area (TPSA) is 65.6 Å². The van der Waals surface area contributed by atoms with Crippen molar-refractivity contribution in [3.8, 4) is 11.8 Å². The lowest BCUT2D eigenvalue weighted by Crippen LogP contribution is -2.11. The van der Waals surface area contributed by atoms with Gasteiger partial charge in [0.2, 0.25) is 0 Å². The first kappa shape index (κ1) is 16.6. The van der Waals surface area contributed by atoms with Crippen LogP contribution in [-0.4, -0.2) is 10.9 Å². The number of ether oxygens (including phenoxy) is 1. The highest BCUT2D eigenvalue weighted by atomic mass is 16.5. The summed E-state index contributed by atoms with van der Waals surface area (Å²) in [6.07, 6.45) is 0. The van der Waals surface area contributed by atoms with E-state index in [4.69, 9.17) is 15.2 Å². The van der Waals surface area contributed by atoms with E-state index in [0.717, 1.165) is 11.3 Å². The molecule has 0 fully saturated rings. The van der Waals surface area contributed by atoms with Crippen LogP contribution in [0.4, 0.5) is 0 Å². The number of rotatable bonds is 4. The fourth-order valence-corrected chi connectivity index (χ4v) is 2.23. The maximum atomic E-state index is 9.03. The molecule has 0 spiro atoms. The molecule has 23 heavy (non-hydrogen) atoms. The van der Waals surface area contributed by atoms with Gasteiger partial charge in [-0.1, -0.05) is 62.3 Å². The van der Waals surface area contributed by atoms with Crippen molar-refractivity contribution in [1.82, 2.24) is 0 Å². The van der Waals surface area contributed by atoms with Crippen molar-refractivity contribution in [2.45, 2.75) is 32.8 Å². The van der Waals surface area contributed by atoms with E-state index in [2.05, 4.69) is 32.0 Å². The summed E-state index contributed by atoms with van der Waals surface area (Å²) in [5, 5.41) is 21.0.